The summed E-state index contributed by atoms with van der Waals surface area (Å²) in [5.74, 6) is -0.696. The van der Waals surface area contributed by atoms with Gasteiger partial charge in [-0.25, -0.2) is 9.37 Å². The smallest absolute Gasteiger partial charge is 0.325 e. The molecule has 0 bridgehead atoms. The Balaban J connectivity index is 1.57. The van der Waals surface area contributed by atoms with Gasteiger partial charge in [0.25, 0.3) is 0 Å². The van der Waals surface area contributed by atoms with Crippen LogP contribution in [0.5, 0.6) is 0 Å². The molecular weight excluding hydrogens is 361 g/mol. The van der Waals surface area contributed by atoms with E-state index < -0.39 is 12.0 Å². The minimum absolute atomic E-state index is 0.370. The highest BCUT2D eigenvalue weighted by atomic mass is 19.1. The Bertz CT molecular complexity index is 1070. The lowest BCUT2D eigenvalue weighted by Crippen LogP contribution is -2.49. The maximum Gasteiger partial charge on any atom is 0.325 e. The molecule has 0 spiro atoms. The van der Waals surface area contributed by atoms with E-state index in [9.17, 15) is 19.6 Å². The number of pyridine rings is 1. The third kappa shape index (κ3) is 3.17. The molecule has 1 aromatic carbocycles. The van der Waals surface area contributed by atoms with Crippen LogP contribution >= 0.6 is 0 Å². The number of aromatic nitrogens is 2. The largest absolute Gasteiger partial charge is 0.480 e. The molecule has 4 rings (SSSR count). The summed E-state index contributed by atoms with van der Waals surface area (Å²) in [6.07, 6.45) is 3.29. The molecule has 2 N–H and O–H groups in total. The van der Waals surface area contributed by atoms with E-state index in [1.54, 1.807) is 30.6 Å². The molecule has 1 aliphatic heterocycles. The first-order chi connectivity index (χ1) is 13.6. The van der Waals surface area contributed by atoms with Gasteiger partial charge in [0.15, 0.2) is 0 Å². The average Bonchev–Trinajstić information content (AvgIpc) is 3.11. The minimum atomic E-state index is -0.950. The van der Waals surface area contributed by atoms with E-state index in [0.717, 1.165) is 0 Å². The summed E-state index contributed by atoms with van der Waals surface area (Å²) in [4.78, 5) is 23.2. The first kappa shape index (κ1) is 17.9. The van der Waals surface area contributed by atoms with E-state index >= 15 is 0 Å². The third-order valence-electron chi connectivity index (χ3n) is 5.09. The maximum atomic E-state index is 13.4. The Hall–Kier alpha value is -3.44. The molecule has 0 unspecified atom stereocenters. The number of aliphatic carboxylic acids is 1. The predicted molar refractivity (Wildman–Crippen MR) is 101 cm³/mol. The normalized spacial score (nSPS) is 16.1. The number of carboxylic acids is 1. The van der Waals surface area contributed by atoms with Crippen molar-refractivity contribution in [3.63, 3.8) is 0 Å². The van der Waals surface area contributed by atoms with Crippen molar-refractivity contribution in [3.8, 4) is 6.07 Å². The van der Waals surface area contributed by atoms with Crippen molar-refractivity contribution in [3.05, 3.63) is 59.7 Å². The zero-order valence-corrected chi connectivity index (χ0v) is 15.0. The van der Waals surface area contributed by atoms with Crippen molar-refractivity contribution >= 4 is 22.7 Å². The van der Waals surface area contributed by atoms with Crippen LogP contribution in [0.2, 0.25) is 0 Å². The highest BCUT2D eigenvalue weighted by Crippen LogP contribution is 2.30. The summed E-state index contributed by atoms with van der Waals surface area (Å²) >= 11 is 0. The molecular formula is C20H18FN5O2. The van der Waals surface area contributed by atoms with Crippen LogP contribution in [0, 0.1) is 17.1 Å². The number of fused-ring (bicyclic) bond motifs is 1. The second kappa shape index (κ2) is 7.29. The van der Waals surface area contributed by atoms with E-state index in [0.29, 0.717) is 54.0 Å². The van der Waals surface area contributed by atoms with Gasteiger partial charge < -0.3 is 15.0 Å². The van der Waals surface area contributed by atoms with Crippen LogP contribution in [0.1, 0.15) is 17.2 Å². The Kier molecular flexibility index (Phi) is 4.67. The molecule has 1 saturated heterocycles. The summed E-state index contributed by atoms with van der Waals surface area (Å²) in [6, 6.07) is 9.06. The second-order valence-corrected chi connectivity index (χ2v) is 6.68. The van der Waals surface area contributed by atoms with Crippen molar-refractivity contribution in [2.45, 2.75) is 6.04 Å². The fourth-order valence-corrected chi connectivity index (χ4v) is 3.76. The Morgan fingerprint density at radius 2 is 2.07 bits per heavy atom. The van der Waals surface area contributed by atoms with Gasteiger partial charge in [-0.2, -0.15) is 5.26 Å². The number of benzene rings is 1. The first-order valence-corrected chi connectivity index (χ1v) is 8.92. The monoisotopic (exact) mass is 379 g/mol. The molecule has 8 heteroatoms. The number of nitrogens with one attached hydrogen (secondary N) is 1. The number of rotatable bonds is 4. The summed E-state index contributed by atoms with van der Waals surface area (Å²) in [6.45, 7) is 2.14. The number of hydrogen-bond acceptors (Lipinski definition) is 5. The van der Waals surface area contributed by atoms with Gasteiger partial charge in [0, 0.05) is 55.0 Å². The number of anilines is 1. The van der Waals surface area contributed by atoms with E-state index in [1.807, 2.05) is 9.80 Å². The minimum Gasteiger partial charge on any atom is -0.480 e. The topological polar surface area (TPSA) is 96.2 Å². The van der Waals surface area contributed by atoms with Crippen LogP contribution < -0.4 is 4.90 Å². The lowest BCUT2D eigenvalue weighted by atomic mass is 10.0. The number of H-pyrrole nitrogens is 1. The number of nitrogens with zero attached hydrogens (tertiary/aromatic N) is 4. The summed E-state index contributed by atoms with van der Waals surface area (Å²) in [5, 5.41) is 19.9. The molecule has 1 atom stereocenters. The van der Waals surface area contributed by atoms with Gasteiger partial charge in [-0.3, -0.25) is 9.69 Å². The fraction of sp³-hybridized carbons (Fsp3) is 0.250. The molecule has 1 aliphatic rings. The van der Waals surface area contributed by atoms with E-state index in [1.165, 1.54) is 12.1 Å². The molecule has 0 aliphatic carbocycles. The third-order valence-corrected chi connectivity index (χ3v) is 5.09. The molecule has 0 radical (unpaired) electrons. The van der Waals surface area contributed by atoms with Gasteiger partial charge in [-0.1, -0.05) is 0 Å². The lowest BCUT2D eigenvalue weighted by Gasteiger charge is -2.38. The molecule has 3 heterocycles. The number of aromatic amines is 1. The number of carboxylic acid groups (broad SMARTS) is 1. The second-order valence-electron chi connectivity index (χ2n) is 6.68. The molecule has 142 valence electrons. The van der Waals surface area contributed by atoms with Crippen molar-refractivity contribution in [2.75, 3.05) is 31.1 Å². The van der Waals surface area contributed by atoms with E-state index in [2.05, 4.69) is 16.0 Å². The standard InChI is InChI=1S/C20H18FN5O2/c21-14-3-4-15-16(12-24-17(15)10-14)18(20(27)28)25-6-8-26(9-7-25)19-13(11-22)2-1-5-23-19/h1-5,10,12,18,24H,6-9H2,(H,27,28)/t18-/m1/s1. The molecule has 3 aromatic rings. The summed E-state index contributed by atoms with van der Waals surface area (Å²) in [5.41, 5.74) is 1.70. The number of nitriles is 1. The van der Waals surface area contributed by atoms with Gasteiger partial charge in [-0.05, 0) is 30.3 Å². The number of hydrogen-bond donors (Lipinski definition) is 2. The molecule has 2 aromatic heterocycles. The SMILES string of the molecule is N#Cc1cccnc1N1CCN([C@@H](C(=O)O)c2c[nH]c3cc(F)ccc23)CC1. The van der Waals surface area contributed by atoms with Gasteiger partial charge in [0.2, 0.25) is 0 Å². The fourth-order valence-electron chi connectivity index (χ4n) is 3.76. The zero-order valence-electron chi connectivity index (χ0n) is 15.0. The maximum absolute atomic E-state index is 13.4. The zero-order chi connectivity index (χ0) is 19.7. The molecule has 0 saturated carbocycles. The van der Waals surface area contributed by atoms with Crippen molar-refractivity contribution in [2.24, 2.45) is 0 Å². The average molecular weight is 379 g/mol. The number of carbonyl (C=O) groups is 1. The Morgan fingerprint density at radius 3 is 2.79 bits per heavy atom. The van der Waals surface area contributed by atoms with Gasteiger partial charge in [-0.15, -0.1) is 0 Å². The molecule has 7 nitrogen and oxygen atoms in total. The van der Waals surface area contributed by atoms with Crippen LogP contribution in [0.4, 0.5) is 10.2 Å². The lowest BCUT2D eigenvalue weighted by molar-refractivity contribution is -0.143. The Labute approximate surface area is 160 Å². The Morgan fingerprint density at radius 1 is 1.29 bits per heavy atom. The van der Waals surface area contributed by atoms with Crippen molar-refractivity contribution in [1.29, 1.82) is 5.26 Å². The van der Waals surface area contributed by atoms with Gasteiger partial charge in [0.05, 0.1) is 5.56 Å². The van der Waals surface area contributed by atoms with E-state index in [-0.39, 0.29) is 5.82 Å². The number of piperazine rings is 1. The van der Waals surface area contributed by atoms with Gasteiger partial charge >= 0.3 is 5.97 Å². The highest BCUT2D eigenvalue weighted by molar-refractivity contribution is 5.89. The van der Waals surface area contributed by atoms with Crippen LogP contribution in [-0.4, -0.2) is 52.1 Å². The van der Waals surface area contributed by atoms with Crippen molar-refractivity contribution in [1.82, 2.24) is 14.9 Å². The first-order valence-electron chi connectivity index (χ1n) is 8.92. The summed E-state index contributed by atoms with van der Waals surface area (Å²) in [7, 11) is 0. The molecule has 0 amide bonds. The van der Waals surface area contributed by atoms with Gasteiger partial charge in [0.1, 0.15) is 23.7 Å². The van der Waals surface area contributed by atoms with Crippen molar-refractivity contribution < 1.29 is 14.3 Å². The van der Waals surface area contributed by atoms with E-state index in [4.69, 9.17) is 0 Å². The highest BCUT2D eigenvalue weighted by Gasteiger charge is 2.32. The predicted octanol–water partition coefficient (Wildman–Crippen LogP) is 2.52. The quantitative estimate of drug-likeness (QED) is 0.723. The molecule has 28 heavy (non-hydrogen) atoms. The molecule has 1 fully saturated rings. The van der Waals surface area contributed by atoms with Crippen LogP contribution in [0.25, 0.3) is 10.9 Å². The van der Waals surface area contributed by atoms with Crippen LogP contribution in [-0.2, 0) is 4.79 Å². The van der Waals surface area contributed by atoms with Crippen LogP contribution in [0.3, 0.4) is 0 Å². The summed E-state index contributed by atoms with van der Waals surface area (Å²) < 4.78 is 13.4. The number of halogens is 1. The van der Waals surface area contributed by atoms with Crippen LogP contribution in [0.15, 0.2) is 42.7 Å².